The second-order valence-electron chi connectivity index (χ2n) is 9.25. The average Bonchev–Trinajstić information content (AvgIpc) is 3.16. The van der Waals surface area contributed by atoms with Gasteiger partial charge in [-0.05, 0) is 68.0 Å². The van der Waals surface area contributed by atoms with Gasteiger partial charge in [0.05, 0.1) is 24.1 Å². The van der Waals surface area contributed by atoms with E-state index in [1.165, 1.54) is 0 Å². The van der Waals surface area contributed by atoms with Crippen LogP contribution in [0.4, 0.5) is 14.6 Å². The van der Waals surface area contributed by atoms with E-state index < -0.39 is 12.5 Å². The number of piperidine rings is 1. The van der Waals surface area contributed by atoms with Crippen molar-refractivity contribution in [3.05, 3.63) is 47.7 Å². The Morgan fingerprint density at radius 1 is 1.29 bits per heavy atom. The fraction of sp³-hybridized carbons (Fsp3) is 0.423. The van der Waals surface area contributed by atoms with Crippen molar-refractivity contribution in [3.63, 3.8) is 0 Å². The lowest BCUT2D eigenvalue weighted by molar-refractivity contribution is -0.134. The number of aliphatic hydroxyl groups is 1. The van der Waals surface area contributed by atoms with E-state index in [2.05, 4.69) is 15.0 Å². The first kappa shape index (κ1) is 24.8. The van der Waals surface area contributed by atoms with E-state index in [1.807, 2.05) is 18.2 Å². The SMILES string of the molecule is CC(N)=Nc1ccc(-c2[nH]c3ccc(C4CCN(C(=O)CC(C)O)CC4)cc3c2CC(F)F)cn1. The van der Waals surface area contributed by atoms with Gasteiger partial charge in [-0.3, -0.25) is 4.79 Å². The number of aliphatic imine (C=N–C) groups is 1. The molecule has 1 aliphatic rings. The summed E-state index contributed by atoms with van der Waals surface area (Å²) in [5, 5.41) is 10.3. The number of hydrogen-bond acceptors (Lipinski definition) is 4. The summed E-state index contributed by atoms with van der Waals surface area (Å²) in [6.07, 6.45) is -0.169. The topological polar surface area (TPSA) is 108 Å². The molecule has 0 saturated carbocycles. The van der Waals surface area contributed by atoms with Crippen molar-refractivity contribution < 1.29 is 18.7 Å². The van der Waals surface area contributed by atoms with Gasteiger partial charge in [0.2, 0.25) is 12.3 Å². The Morgan fingerprint density at radius 2 is 2.03 bits per heavy atom. The lowest BCUT2D eigenvalue weighted by Crippen LogP contribution is -2.39. The molecule has 35 heavy (non-hydrogen) atoms. The van der Waals surface area contributed by atoms with Gasteiger partial charge < -0.3 is 20.7 Å². The molecule has 1 fully saturated rings. The van der Waals surface area contributed by atoms with E-state index in [1.54, 1.807) is 37.1 Å². The Hall–Kier alpha value is -3.33. The number of hydrogen-bond donors (Lipinski definition) is 3. The third kappa shape index (κ3) is 5.85. The van der Waals surface area contributed by atoms with Gasteiger partial charge in [0.25, 0.3) is 0 Å². The van der Waals surface area contributed by atoms with Crippen molar-refractivity contribution in [3.8, 4) is 11.3 Å². The maximum Gasteiger partial charge on any atom is 0.242 e. The number of aromatic nitrogens is 2. The van der Waals surface area contributed by atoms with Gasteiger partial charge in [0.1, 0.15) is 0 Å². The van der Waals surface area contributed by atoms with Crippen LogP contribution in [0.1, 0.15) is 50.2 Å². The summed E-state index contributed by atoms with van der Waals surface area (Å²) >= 11 is 0. The summed E-state index contributed by atoms with van der Waals surface area (Å²) < 4.78 is 27.2. The van der Waals surface area contributed by atoms with Crippen LogP contribution in [0.3, 0.4) is 0 Å². The molecule has 1 saturated heterocycles. The van der Waals surface area contributed by atoms with Gasteiger partial charge >= 0.3 is 0 Å². The Bertz CT molecular complexity index is 1210. The van der Waals surface area contributed by atoms with E-state index in [-0.39, 0.29) is 24.7 Å². The van der Waals surface area contributed by atoms with E-state index >= 15 is 0 Å². The van der Waals surface area contributed by atoms with Crippen molar-refractivity contribution in [2.24, 2.45) is 10.7 Å². The molecule has 0 aliphatic carbocycles. The molecule has 7 nitrogen and oxygen atoms in total. The summed E-state index contributed by atoms with van der Waals surface area (Å²) in [5.74, 6) is 1.06. The summed E-state index contributed by atoms with van der Waals surface area (Å²) in [4.78, 5) is 25.8. The summed E-state index contributed by atoms with van der Waals surface area (Å²) in [6, 6.07) is 9.50. The molecule has 1 amide bonds. The zero-order valence-electron chi connectivity index (χ0n) is 20.0. The fourth-order valence-corrected chi connectivity index (χ4v) is 4.76. The number of rotatable bonds is 7. The van der Waals surface area contributed by atoms with E-state index in [0.29, 0.717) is 41.6 Å². The highest BCUT2D eigenvalue weighted by Crippen LogP contribution is 2.36. The van der Waals surface area contributed by atoms with Gasteiger partial charge in [-0.1, -0.05) is 6.07 Å². The number of aromatic amines is 1. The zero-order chi connectivity index (χ0) is 25.1. The molecule has 1 unspecified atom stereocenters. The Kier molecular flexibility index (Phi) is 7.45. The molecule has 1 aromatic carbocycles. The Morgan fingerprint density at radius 3 is 2.63 bits per heavy atom. The highest BCUT2D eigenvalue weighted by Gasteiger charge is 2.25. The molecule has 0 bridgehead atoms. The minimum absolute atomic E-state index is 0.0321. The van der Waals surface area contributed by atoms with Crippen molar-refractivity contribution >= 4 is 28.5 Å². The Balaban J connectivity index is 1.61. The van der Waals surface area contributed by atoms with E-state index in [0.717, 1.165) is 29.3 Å². The van der Waals surface area contributed by atoms with Crippen LogP contribution in [0.15, 0.2) is 41.5 Å². The fourth-order valence-electron chi connectivity index (χ4n) is 4.76. The normalized spacial score (nSPS) is 16.3. The molecular weight excluding hydrogens is 452 g/mol. The van der Waals surface area contributed by atoms with E-state index in [4.69, 9.17) is 5.73 Å². The number of pyridine rings is 1. The number of carbonyl (C=O) groups is 1. The number of nitrogens with zero attached hydrogens (tertiary/aromatic N) is 3. The molecule has 0 spiro atoms. The maximum absolute atomic E-state index is 13.6. The minimum atomic E-state index is -2.49. The van der Waals surface area contributed by atoms with Crippen molar-refractivity contribution in [1.82, 2.24) is 14.9 Å². The molecule has 186 valence electrons. The number of alkyl halides is 2. The number of aliphatic hydroxyl groups excluding tert-OH is 1. The quantitative estimate of drug-likeness (QED) is 0.339. The van der Waals surface area contributed by atoms with E-state index in [9.17, 15) is 18.7 Å². The van der Waals surface area contributed by atoms with Crippen LogP contribution in [0.5, 0.6) is 0 Å². The van der Waals surface area contributed by atoms with Crippen LogP contribution in [0.25, 0.3) is 22.2 Å². The molecular formula is C26H31F2N5O2. The van der Waals surface area contributed by atoms with Crippen LogP contribution in [-0.4, -0.2) is 57.3 Å². The first-order chi connectivity index (χ1) is 16.7. The number of H-pyrrole nitrogens is 1. The third-order valence-corrected chi connectivity index (χ3v) is 6.41. The van der Waals surface area contributed by atoms with Crippen LogP contribution in [-0.2, 0) is 11.2 Å². The van der Waals surface area contributed by atoms with Crippen molar-refractivity contribution in [2.75, 3.05) is 13.1 Å². The molecule has 4 N–H and O–H groups in total. The molecule has 0 radical (unpaired) electrons. The first-order valence-electron chi connectivity index (χ1n) is 11.9. The average molecular weight is 484 g/mol. The molecule has 4 rings (SSSR count). The van der Waals surface area contributed by atoms with Crippen molar-refractivity contribution in [1.29, 1.82) is 0 Å². The Labute approximate surface area is 203 Å². The second-order valence-corrected chi connectivity index (χ2v) is 9.25. The van der Waals surface area contributed by atoms with Gasteiger partial charge in [0.15, 0.2) is 5.82 Å². The predicted molar refractivity (Wildman–Crippen MR) is 133 cm³/mol. The summed E-state index contributed by atoms with van der Waals surface area (Å²) in [5.41, 5.74) is 9.39. The van der Waals surface area contributed by atoms with Gasteiger partial charge in [0, 0.05) is 42.2 Å². The largest absolute Gasteiger partial charge is 0.393 e. The lowest BCUT2D eigenvalue weighted by Gasteiger charge is -2.32. The number of nitrogens with two attached hydrogens (primary N) is 1. The number of fused-ring (bicyclic) bond motifs is 1. The molecule has 1 aliphatic heterocycles. The van der Waals surface area contributed by atoms with Crippen molar-refractivity contribution in [2.45, 2.75) is 58.0 Å². The number of amidine groups is 1. The molecule has 3 aromatic rings. The maximum atomic E-state index is 13.6. The number of amides is 1. The third-order valence-electron chi connectivity index (χ3n) is 6.41. The second kappa shape index (κ2) is 10.5. The van der Waals surface area contributed by atoms with Gasteiger partial charge in [-0.15, -0.1) is 0 Å². The number of benzene rings is 1. The number of likely N-dealkylation sites (tertiary alicyclic amines) is 1. The molecule has 3 heterocycles. The van der Waals surface area contributed by atoms with Gasteiger partial charge in [-0.25, -0.2) is 18.8 Å². The summed E-state index contributed by atoms with van der Waals surface area (Å²) in [7, 11) is 0. The zero-order valence-corrected chi connectivity index (χ0v) is 20.0. The number of carbonyl (C=O) groups excluding carboxylic acids is 1. The lowest BCUT2D eigenvalue weighted by atomic mass is 9.88. The molecule has 1 atom stereocenters. The van der Waals surface area contributed by atoms with Crippen LogP contribution < -0.4 is 5.73 Å². The monoisotopic (exact) mass is 483 g/mol. The standard InChI is InChI=1S/C26H31F2N5O2/c1-15(34)11-25(35)33-9-7-17(8-10-33)18-3-5-22-20(12-18)21(13-23(27)28)26(32-22)19-4-6-24(30-14-19)31-16(2)29/h3-6,12,14-15,17,23,32,34H,7-11,13H2,1-2H3,(H2,29,30,31). The molecule has 9 heteroatoms. The minimum Gasteiger partial charge on any atom is -0.393 e. The predicted octanol–water partition coefficient (Wildman–Crippen LogP) is 4.52. The first-order valence-corrected chi connectivity index (χ1v) is 11.9. The number of nitrogens with one attached hydrogen (secondary N) is 1. The number of halogens is 2. The highest BCUT2D eigenvalue weighted by atomic mass is 19.3. The van der Waals surface area contributed by atoms with Gasteiger partial charge in [-0.2, -0.15) is 0 Å². The molecule has 2 aromatic heterocycles. The smallest absolute Gasteiger partial charge is 0.242 e. The summed E-state index contributed by atoms with van der Waals surface area (Å²) in [6.45, 7) is 4.53. The van der Waals surface area contributed by atoms with Crippen LogP contribution in [0.2, 0.25) is 0 Å². The highest BCUT2D eigenvalue weighted by molar-refractivity contribution is 5.91. The van der Waals surface area contributed by atoms with Crippen LogP contribution in [0, 0.1) is 0 Å². The van der Waals surface area contributed by atoms with Crippen LogP contribution >= 0.6 is 0 Å².